The molecular weight excluding hydrogens is 314 g/mol. The summed E-state index contributed by atoms with van der Waals surface area (Å²) in [5.74, 6) is 0. The van der Waals surface area contributed by atoms with E-state index in [-0.39, 0.29) is 6.03 Å². The summed E-state index contributed by atoms with van der Waals surface area (Å²) in [4.78, 5) is 13.7. The van der Waals surface area contributed by atoms with Crippen molar-refractivity contribution in [3.63, 3.8) is 0 Å². The lowest BCUT2D eigenvalue weighted by atomic mass is 10.0. The first kappa shape index (κ1) is 17.7. The lowest BCUT2D eigenvalue weighted by Crippen LogP contribution is -2.52. The van der Waals surface area contributed by atoms with Crippen molar-refractivity contribution in [1.29, 1.82) is 0 Å². The fourth-order valence-corrected chi connectivity index (χ4v) is 4.98. The van der Waals surface area contributed by atoms with Gasteiger partial charge in [0.2, 0.25) is 10.0 Å². The molecule has 1 saturated heterocycles. The summed E-state index contributed by atoms with van der Waals surface area (Å²) >= 11 is 0. The molecule has 1 heterocycles. The highest BCUT2D eigenvalue weighted by Crippen LogP contribution is 2.29. The van der Waals surface area contributed by atoms with Crippen molar-refractivity contribution in [1.82, 2.24) is 14.5 Å². The lowest BCUT2D eigenvalue weighted by molar-refractivity contribution is 0.174. The van der Waals surface area contributed by atoms with E-state index in [1.165, 1.54) is 4.31 Å². The molecule has 0 unspecified atom stereocenters. The van der Waals surface area contributed by atoms with Crippen LogP contribution in [0.4, 0.5) is 4.79 Å². The van der Waals surface area contributed by atoms with Crippen LogP contribution in [0, 0.1) is 27.7 Å². The highest BCUT2D eigenvalue weighted by molar-refractivity contribution is 7.89. The molecule has 0 radical (unpaired) electrons. The molecular formula is C16H25N3O3S. The Morgan fingerprint density at radius 1 is 1.00 bits per heavy atom. The molecule has 128 valence electrons. The van der Waals surface area contributed by atoms with Gasteiger partial charge in [0.25, 0.3) is 0 Å². The number of rotatable bonds is 2. The number of piperazine rings is 1. The first-order valence-corrected chi connectivity index (χ1v) is 9.18. The van der Waals surface area contributed by atoms with Gasteiger partial charge in [-0.3, -0.25) is 0 Å². The molecule has 1 fully saturated rings. The topological polar surface area (TPSA) is 69.7 Å². The summed E-state index contributed by atoms with van der Waals surface area (Å²) in [6.07, 6.45) is 0. The van der Waals surface area contributed by atoms with Crippen molar-refractivity contribution in [2.45, 2.75) is 32.6 Å². The summed E-state index contributed by atoms with van der Waals surface area (Å²) in [7, 11) is -1.97. The molecule has 2 amide bonds. The Morgan fingerprint density at radius 2 is 1.48 bits per heavy atom. The molecule has 1 N–H and O–H groups in total. The van der Waals surface area contributed by atoms with E-state index in [0.29, 0.717) is 31.1 Å². The molecule has 0 aliphatic carbocycles. The van der Waals surface area contributed by atoms with Crippen LogP contribution in [0.1, 0.15) is 22.3 Å². The van der Waals surface area contributed by atoms with Crippen molar-refractivity contribution in [3.05, 3.63) is 28.3 Å². The maximum atomic E-state index is 13.1. The number of hydrogen-bond acceptors (Lipinski definition) is 3. The van der Waals surface area contributed by atoms with Crippen LogP contribution < -0.4 is 5.32 Å². The molecule has 7 heteroatoms. The Bertz CT molecular complexity index is 694. The van der Waals surface area contributed by atoms with Gasteiger partial charge in [-0.25, -0.2) is 13.2 Å². The highest BCUT2D eigenvalue weighted by atomic mass is 32.2. The molecule has 0 atom stereocenters. The second-order valence-electron chi connectivity index (χ2n) is 6.04. The van der Waals surface area contributed by atoms with Gasteiger partial charge in [-0.1, -0.05) is 6.07 Å². The lowest BCUT2D eigenvalue weighted by Gasteiger charge is -2.34. The van der Waals surface area contributed by atoms with Crippen molar-refractivity contribution >= 4 is 16.1 Å². The van der Waals surface area contributed by atoms with Gasteiger partial charge in [0, 0.05) is 33.2 Å². The number of carbonyl (C=O) groups is 1. The molecule has 1 aliphatic rings. The predicted molar refractivity (Wildman–Crippen MR) is 90.2 cm³/mol. The van der Waals surface area contributed by atoms with Crippen molar-refractivity contribution in [3.8, 4) is 0 Å². The largest absolute Gasteiger partial charge is 0.341 e. The number of benzene rings is 1. The molecule has 0 bridgehead atoms. The molecule has 0 aromatic heterocycles. The average molecular weight is 339 g/mol. The number of nitrogens with zero attached hydrogens (tertiary/aromatic N) is 2. The fraction of sp³-hybridized carbons (Fsp3) is 0.562. The summed E-state index contributed by atoms with van der Waals surface area (Å²) < 4.78 is 27.7. The molecule has 0 saturated carbocycles. The van der Waals surface area contributed by atoms with Crippen LogP contribution in [0.5, 0.6) is 0 Å². The highest BCUT2D eigenvalue weighted by Gasteiger charge is 2.32. The fourth-order valence-electron chi connectivity index (χ4n) is 2.99. The minimum atomic E-state index is -3.55. The number of sulfonamides is 1. The predicted octanol–water partition coefficient (Wildman–Crippen LogP) is 1.57. The average Bonchev–Trinajstić information content (AvgIpc) is 2.52. The summed E-state index contributed by atoms with van der Waals surface area (Å²) in [6, 6.07) is 1.86. The van der Waals surface area contributed by atoms with Crippen LogP contribution >= 0.6 is 0 Å². The molecule has 23 heavy (non-hydrogen) atoms. The van der Waals surface area contributed by atoms with E-state index in [1.54, 1.807) is 11.9 Å². The zero-order valence-corrected chi connectivity index (χ0v) is 15.2. The third-order valence-electron chi connectivity index (χ3n) is 4.63. The molecule has 1 aromatic carbocycles. The Labute approximate surface area is 138 Å². The number of amides is 2. The van der Waals surface area contributed by atoms with Gasteiger partial charge in [0.05, 0.1) is 4.90 Å². The maximum absolute atomic E-state index is 13.1. The normalized spacial score (nSPS) is 16.5. The molecule has 1 aromatic rings. The van der Waals surface area contributed by atoms with Crippen LogP contribution in [0.3, 0.4) is 0 Å². The van der Waals surface area contributed by atoms with Gasteiger partial charge in [0.15, 0.2) is 0 Å². The van der Waals surface area contributed by atoms with E-state index in [0.717, 1.165) is 22.3 Å². The molecule has 2 rings (SSSR count). The Kier molecular flexibility index (Phi) is 5.01. The standard InChI is InChI=1S/C16H25N3O3S/c1-11-10-12(2)14(4)15(13(11)3)23(21,22)19-8-6-18(7-9-19)16(20)17-5/h10H,6-9H2,1-5H3,(H,17,20). The zero-order chi connectivity index (χ0) is 17.4. The van der Waals surface area contributed by atoms with Gasteiger partial charge < -0.3 is 10.2 Å². The van der Waals surface area contributed by atoms with Crippen LogP contribution in [0.15, 0.2) is 11.0 Å². The second-order valence-corrected chi connectivity index (χ2v) is 7.91. The Balaban J connectivity index is 2.33. The van der Waals surface area contributed by atoms with E-state index < -0.39 is 10.0 Å². The third kappa shape index (κ3) is 3.21. The number of hydrogen-bond donors (Lipinski definition) is 1. The molecule has 0 spiro atoms. The van der Waals surface area contributed by atoms with Gasteiger partial charge in [-0.05, 0) is 49.9 Å². The van der Waals surface area contributed by atoms with Crippen LogP contribution in [0.2, 0.25) is 0 Å². The van der Waals surface area contributed by atoms with E-state index in [4.69, 9.17) is 0 Å². The van der Waals surface area contributed by atoms with E-state index in [2.05, 4.69) is 5.32 Å². The number of aryl methyl sites for hydroxylation is 2. The minimum absolute atomic E-state index is 0.166. The van der Waals surface area contributed by atoms with Gasteiger partial charge in [0.1, 0.15) is 0 Å². The number of urea groups is 1. The minimum Gasteiger partial charge on any atom is -0.341 e. The first-order valence-electron chi connectivity index (χ1n) is 7.74. The van der Waals surface area contributed by atoms with Crippen LogP contribution in [-0.4, -0.2) is 56.9 Å². The Hall–Kier alpha value is -1.60. The van der Waals surface area contributed by atoms with Gasteiger partial charge >= 0.3 is 6.03 Å². The Morgan fingerprint density at radius 3 is 1.91 bits per heavy atom. The van der Waals surface area contributed by atoms with Crippen LogP contribution in [0.25, 0.3) is 0 Å². The smallest absolute Gasteiger partial charge is 0.317 e. The van der Waals surface area contributed by atoms with Crippen molar-refractivity contribution in [2.24, 2.45) is 0 Å². The quantitative estimate of drug-likeness (QED) is 0.889. The summed E-state index contributed by atoms with van der Waals surface area (Å²) in [6.45, 7) is 9.03. The summed E-state index contributed by atoms with van der Waals surface area (Å²) in [5.41, 5.74) is 3.58. The first-order chi connectivity index (χ1) is 10.7. The molecule has 1 aliphatic heterocycles. The second kappa shape index (κ2) is 6.49. The van der Waals surface area contributed by atoms with E-state index >= 15 is 0 Å². The zero-order valence-electron chi connectivity index (χ0n) is 14.4. The van der Waals surface area contributed by atoms with Crippen molar-refractivity contribution < 1.29 is 13.2 Å². The molecule has 6 nitrogen and oxygen atoms in total. The van der Waals surface area contributed by atoms with E-state index in [9.17, 15) is 13.2 Å². The van der Waals surface area contributed by atoms with Gasteiger partial charge in [-0.15, -0.1) is 0 Å². The van der Waals surface area contributed by atoms with Crippen molar-refractivity contribution in [2.75, 3.05) is 33.2 Å². The maximum Gasteiger partial charge on any atom is 0.317 e. The third-order valence-corrected chi connectivity index (χ3v) is 6.81. The monoisotopic (exact) mass is 339 g/mol. The number of carbonyl (C=O) groups excluding carboxylic acids is 1. The van der Waals surface area contributed by atoms with Crippen LogP contribution in [-0.2, 0) is 10.0 Å². The number of nitrogens with one attached hydrogen (secondary N) is 1. The summed E-state index contributed by atoms with van der Waals surface area (Å²) in [5, 5.41) is 2.57. The van der Waals surface area contributed by atoms with E-state index in [1.807, 2.05) is 33.8 Å². The SMILES string of the molecule is CNC(=O)N1CCN(S(=O)(=O)c2c(C)c(C)cc(C)c2C)CC1. The van der Waals surface area contributed by atoms with Gasteiger partial charge in [-0.2, -0.15) is 4.31 Å².